The highest BCUT2D eigenvalue weighted by atomic mass is 32.2. The zero-order valence-corrected chi connectivity index (χ0v) is 15.9. The van der Waals surface area contributed by atoms with Crippen LogP contribution in [0, 0.1) is 0 Å². The lowest BCUT2D eigenvalue weighted by Gasteiger charge is -2.18. The van der Waals surface area contributed by atoms with Crippen LogP contribution in [0.2, 0.25) is 0 Å². The molecule has 0 fully saturated rings. The van der Waals surface area contributed by atoms with E-state index in [1.165, 1.54) is 17.2 Å². The number of rotatable bonds is 7. The van der Waals surface area contributed by atoms with E-state index < -0.39 is 0 Å². The van der Waals surface area contributed by atoms with Crippen LogP contribution in [0.15, 0.2) is 51.3 Å². The second-order valence-electron chi connectivity index (χ2n) is 5.76. The molecule has 1 aliphatic heterocycles. The summed E-state index contributed by atoms with van der Waals surface area (Å²) in [6, 6.07) is 8.73. The molecular weight excluding hydrogens is 398 g/mol. The fraction of sp³-hybridized carbons (Fsp3) is 0.176. The van der Waals surface area contributed by atoms with Gasteiger partial charge in [-0.3, -0.25) is 4.79 Å². The van der Waals surface area contributed by atoms with Crippen molar-refractivity contribution in [1.29, 1.82) is 0 Å². The molecule has 1 amide bonds. The Bertz CT molecular complexity index is 1020. The summed E-state index contributed by atoms with van der Waals surface area (Å²) >= 11 is 1.14. The van der Waals surface area contributed by atoms with Gasteiger partial charge >= 0.3 is 0 Å². The fourth-order valence-electron chi connectivity index (χ4n) is 2.42. The van der Waals surface area contributed by atoms with Gasteiger partial charge in [-0.2, -0.15) is 5.10 Å². The number of nitrogens with one attached hydrogen (secondary N) is 2. The maximum Gasteiger partial charge on any atom is 0.264 e. The lowest BCUT2D eigenvalue weighted by atomic mass is 10.2. The summed E-state index contributed by atoms with van der Waals surface area (Å²) in [7, 11) is 0. The number of aromatic nitrogens is 3. The quantitative estimate of drug-likeness (QED) is 0.227. The van der Waals surface area contributed by atoms with Crippen LogP contribution in [0.5, 0.6) is 11.5 Å². The van der Waals surface area contributed by atoms with E-state index in [-0.39, 0.29) is 17.6 Å². The zero-order chi connectivity index (χ0) is 20.1. The van der Waals surface area contributed by atoms with Crippen molar-refractivity contribution in [2.45, 2.75) is 5.16 Å². The van der Waals surface area contributed by atoms with Crippen molar-refractivity contribution in [3.63, 3.8) is 0 Å². The van der Waals surface area contributed by atoms with Crippen LogP contribution in [0.4, 0.5) is 11.6 Å². The summed E-state index contributed by atoms with van der Waals surface area (Å²) in [5.41, 5.74) is 3.28. The number of hydrazone groups is 1. The molecule has 3 heterocycles. The second-order valence-corrected chi connectivity index (χ2v) is 6.70. The fourth-order valence-corrected chi connectivity index (χ4v) is 3.07. The number of ether oxygens (including phenoxy) is 2. The molecule has 0 bridgehead atoms. The summed E-state index contributed by atoms with van der Waals surface area (Å²) in [5, 5.41) is 15.0. The molecule has 2 aromatic heterocycles. The van der Waals surface area contributed by atoms with Crippen molar-refractivity contribution in [2.75, 3.05) is 35.6 Å². The average molecular weight is 415 g/mol. The molecule has 1 aromatic carbocycles. The Balaban J connectivity index is 1.29. The second kappa shape index (κ2) is 8.56. The third-order valence-electron chi connectivity index (χ3n) is 3.72. The van der Waals surface area contributed by atoms with Gasteiger partial charge in [0.05, 0.1) is 18.2 Å². The van der Waals surface area contributed by atoms with Crippen molar-refractivity contribution in [1.82, 2.24) is 14.9 Å². The van der Waals surface area contributed by atoms with Crippen LogP contribution in [0.1, 0.15) is 5.76 Å². The monoisotopic (exact) mass is 415 g/mol. The first-order chi connectivity index (χ1) is 14.2. The van der Waals surface area contributed by atoms with E-state index >= 15 is 0 Å². The Kier molecular flexibility index (Phi) is 5.52. The van der Waals surface area contributed by atoms with Crippen LogP contribution in [-0.2, 0) is 4.79 Å². The van der Waals surface area contributed by atoms with Crippen LogP contribution < -0.4 is 26.1 Å². The van der Waals surface area contributed by atoms with Crippen LogP contribution in [0.25, 0.3) is 0 Å². The van der Waals surface area contributed by atoms with Crippen LogP contribution in [-0.4, -0.2) is 46.0 Å². The minimum Gasteiger partial charge on any atom is -0.486 e. The number of anilines is 2. The summed E-state index contributed by atoms with van der Waals surface area (Å²) in [6.07, 6.45) is 3.01. The maximum absolute atomic E-state index is 12.2. The summed E-state index contributed by atoms with van der Waals surface area (Å²) < 4.78 is 17.3. The van der Waals surface area contributed by atoms with Gasteiger partial charge in [-0.1, -0.05) is 11.8 Å². The number of hydrogen-bond acceptors (Lipinski definition) is 10. The van der Waals surface area contributed by atoms with E-state index in [0.717, 1.165) is 11.8 Å². The lowest BCUT2D eigenvalue weighted by molar-refractivity contribution is -0.113. The first kappa shape index (κ1) is 18.7. The van der Waals surface area contributed by atoms with Crippen molar-refractivity contribution in [2.24, 2.45) is 5.10 Å². The number of fused-ring (bicyclic) bond motifs is 1. The van der Waals surface area contributed by atoms with E-state index in [0.29, 0.717) is 41.3 Å². The Labute approximate surface area is 169 Å². The molecule has 0 unspecified atom stereocenters. The predicted molar refractivity (Wildman–Crippen MR) is 107 cm³/mol. The normalized spacial score (nSPS) is 12.8. The molecule has 0 saturated carbocycles. The smallest absolute Gasteiger partial charge is 0.264 e. The number of thioether (sulfide) groups is 1. The highest BCUT2D eigenvalue weighted by molar-refractivity contribution is 7.99. The van der Waals surface area contributed by atoms with Crippen molar-refractivity contribution < 1.29 is 18.7 Å². The van der Waals surface area contributed by atoms with Gasteiger partial charge in [-0.25, -0.2) is 10.1 Å². The number of carbonyl (C=O) groups excluding carboxylic acids is 1. The van der Waals surface area contributed by atoms with Gasteiger partial charge in [0, 0.05) is 11.8 Å². The molecule has 11 nitrogen and oxygen atoms in total. The minimum absolute atomic E-state index is 0.0967. The first-order valence-electron chi connectivity index (χ1n) is 8.54. The first-order valence-corrected chi connectivity index (χ1v) is 9.53. The number of amides is 1. The van der Waals surface area contributed by atoms with Crippen LogP contribution >= 0.6 is 11.8 Å². The number of carbonyl (C=O) groups is 1. The Hall–Kier alpha value is -3.67. The van der Waals surface area contributed by atoms with Crippen molar-refractivity contribution >= 4 is 35.5 Å². The van der Waals surface area contributed by atoms with E-state index in [4.69, 9.17) is 19.7 Å². The predicted octanol–water partition coefficient (Wildman–Crippen LogP) is 1.53. The van der Waals surface area contributed by atoms with Gasteiger partial charge in [0.25, 0.3) is 5.95 Å². The number of hydrogen-bond donors (Lipinski definition) is 3. The van der Waals surface area contributed by atoms with Crippen molar-refractivity contribution in [3.8, 4) is 11.5 Å². The number of nitrogen functional groups attached to an aromatic ring is 1. The highest BCUT2D eigenvalue weighted by Crippen LogP contribution is 2.32. The Morgan fingerprint density at radius 3 is 2.97 bits per heavy atom. The van der Waals surface area contributed by atoms with Gasteiger partial charge < -0.3 is 25.1 Å². The molecular formula is C17H17N7O4S. The SMILES string of the molecule is Nn1c(N/N=C/c2ccco2)nnc1SCC(=O)Nc1ccc2c(c1)OCCO2. The summed E-state index contributed by atoms with van der Waals surface area (Å²) in [5.74, 6) is 7.87. The standard InChI is InChI=1S/C17H17N7O4S/c18-24-16(21-19-9-12-2-1-5-26-12)22-23-17(24)29-10-15(25)20-11-3-4-13-14(8-11)28-7-6-27-13/h1-5,8-9H,6-7,10,18H2,(H,20,25)(H,21,22)/b19-9+. The van der Waals surface area contributed by atoms with E-state index in [9.17, 15) is 4.79 Å². The largest absolute Gasteiger partial charge is 0.486 e. The summed E-state index contributed by atoms with van der Waals surface area (Å²) in [6.45, 7) is 0.995. The molecule has 0 saturated heterocycles. The molecule has 1 aliphatic rings. The van der Waals surface area contributed by atoms with E-state index in [1.807, 2.05) is 0 Å². The third kappa shape index (κ3) is 4.60. The minimum atomic E-state index is -0.222. The number of benzene rings is 1. The Morgan fingerprint density at radius 1 is 1.28 bits per heavy atom. The van der Waals surface area contributed by atoms with Gasteiger partial charge in [-0.15, -0.1) is 10.2 Å². The van der Waals surface area contributed by atoms with Gasteiger partial charge in [-0.05, 0) is 24.3 Å². The topological polar surface area (TPSA) is 142 Å². The lowest BCUT2D eigenvalue weighted by Crippen LogP contribution is -2.18. The molecule has 0 radical (unpaired) electrons. The number of nitrogens with two attached hydrogens (primary N) is 1. The zero-order valence-electron chi connectivity index (χ0n) is 15.1. The molecule has 29 heavy (non-hydrogen) atoms. The van der Waals surface area contributed by atoms with Crippen molar-refractivity contribution in [3.05, 3.63) is 42.4 Å². The van der Waals surface area contributed by atoms with Crippen LogP contribution in [0.3, 0.4) is 0 Å². The van der Waals surface area contributed by atoms with Gasteiger partial charge in [0.2, 0.25) is 11.1 Å². The molecule has 3 aromatic rings. The molecule has 0 aliphatic carbocycles. The van der Waals surface area contributed by atoms with Gasteiger partial charge in [0.1, 0.15) is 19.0 Å². The van der Waals surface area contributed by atoms with E-state index in [2.05, 4.69) is 26.0 Å². The average Bonchev–Trinajstić information content (AvgIpc) is 3.37. The molecule has 0 spiro atoms. The summed E-state index contributed by atoms with van der Waals surface area (Å²) in [4.78, 5) is 12.2. The van der Waals surface area contributed by atoms with E-state index in [1.54, 1.807) is 30.3 Å². The molecule has 4 N–H and O–H groups in total. The maximum atomic E-state index is 12.2. The number of nitrogens with zero attached hydrogens (tertiary/aromatic N) is 4. The van der Waals surface area contributed by atoms with Gasteiger partial charge in [0.15, 0.2) is 11.5 Å². The molecule has 0 atom stereocenters. The molecule has 12 heteroatoms. The third-order valence-corrected chi connectivity index (χ3v) is 4.67. The Morgan fingerprint density at radius 2 is 2.14 bits per heavy atom. The molecule has 4 rings (SSSR count). The molecule has 150 valence electrons. The highest BCUT2D eigenvalue weighted by Gasteiger charge is 2.14. The number of furan rings is 1.